The second kappa shape index (κ2) is 4.89. The summed E-state index contributed by atoms with van der Waals surface area (Å²) in [6, 6.07) is 13.5. The average Bonchev–Trinajstić information content (AvgIpc) is 2.77. The molecule has 0 fully saturated rings. The average molecular weight is 268 g/mol. The monoisotopic (exact) mass is 268 g/mol. The highest BCUT2D eigenvalue weighted by Crippen LogP contribution is 2.20. The molecule has 20 heavy (non-hydrogen) atoms. The molecule has 0 aliphatic heterocycles. The molecule has 0 bridgehead atoms. The molecule has 0 aliphatic rings. The molecule has 0 aliphatic carbocycles. The molecule has 0 radical (unpaired) electrons. The number of oxazole rings is 1. The van der Waals surface area contributed by atoms with E-state index in [1.165, 1.54) is 5.56 Å². The van der Waals surface area contributed by atoms with Crippen LogP contribution < -0.4 is 11.5 Å². The summed E-state index contributed by atoms with van der Waals surface area (Å²) in [4.78, 5) is 12.0. The number of fused-ring (bicyclic) bond motifs is 1. The Labute approximate surface area is 116 Å². The van der Waals surface area contributed by atoms with Gasteiger partial charge in [0.05, 0.1) is 12.2 Å². The smallest absolute Gasteiger partial charge is 0.408 e. The second-order valence-electron chi connectivity index (χ2n) is 4.82. The van der Waals surface area contributed by atoms with Crippen LogP contribution in [0.3, 0.4) is 0 Å². The Bertz CT molecular complexity index is 797. The molecule has 0 atom stereocenters. The number of rotatable bonds is 3. The topological polar surface area (TPSA) is 61.2 Å². The number of para-hydroxylation sites is 1. The van der Waals surface area contributed by atoms with Crippen molar-refractivity contribution in [2.24, 2.45) is 0 Å². The fraction of sp³-hybridized carbons (Fsp3) is 0.188. The van der Waals surface area contributed by atoms with Gasteiger partial charge in [-0.2, -0.15) is 0 Å². The lowest BCUT2D eigenvalue weighted by Crippen LogP contribution is -2.15. The number of anilines is 1. The van der Waals surface area contributed by atoms with Gasteiger partial charge in [-0.1, -0.05) is 37.3 Å². The van der Waals surface area contributed by atoms with Crippen LogP contribution in [-0.2, 0) is 13.0 Å². The number of nitrogens with zero attached hydrogens (tertiary/aromatic N) is 1. The van der Waals surface area contributed by atoms with Crippen molar-refractivity contribution in [2.75, 3.05) is 5.73 Å². The van der Waals surface area contributed by atoms with Gasteiger partial charge in [0.25, 0.3) is 0 Å². The number of nitrogens with two attached hydrogens (primary N) is 1. The van der Waals surface area contributed by atoms with Crippen molar-refractivity contribution >= 4 is 16.8 Å². The fourth-order valence-corrected chi connectivity index (χ4v) is 2.36. The van der Waals surface area contributed by atoms with E-state index in [0.717, 1.165) is 12.0 Å². The third-order valence-electron chi connectivity index (χ3n) is 3.49. The van der Waals surface area contributed by atoms with Crippen molar-refractivity contribution in [1.29, 1.82) is 0 Å². The first-order valence-corrected chi connectivity index (χ1v) is 6.64. The molecule has 2 aromatic carbocycles. The predicted molar refractivity (Wildman–Crippen MR) is 79.8 cm³/mol. The van der Waals surface area contributed by atoms with Gasteiger partial charge in [0, 0.05) is 0 Å². The van der Waals surface area contributed by atoms with Gasteiger partial charge >= 0.3 is 5.76 Å². The number of nitrogen functional groups attached to an aromatic ring is 1. The van der Waals surface area contributed by atoms with E-state index >= 15 is 0 Å². The number of aromatic nitrogens is 1. The van der Waals surface area contributed by atoms with Crippen LogP contribution in [0.1, 0.15) is 18.1 Å². The standard InChI is InChI=1S/C16H16N2O2/c1-2-11-6-8-12(9-7-11)10-18-15-13(17)4-3-5-14(15)20-16(18)19/h3-9H,2,10,17H2,1H3. The lowest BCUT2D eigenvalue weighted by molar-refractivity contribution is 0.517. The van der Waals surface area contributed by atoms with Crippen LogP contribution >= 0.6 is 0 Å². The molecule has 3 rings (SSSR count). The van der Waals surface area contributed by atoms with E-state index in [2.05, 4.69) is 19.1 Å². The molecular weight excluding hydrogens is 252 g/mol. The number of hydrogen-bond acceptors (Lipinski definition) is 3. The predicted octanol–water partition coefficient (Wildman–Crippen LogP) is 2.79. The SMILES string of the molecule is CCc1ccc(Cn2c(=O)oc3cccc(N)c32)cc1. The Morgan fingerprint density at radius 3 is 2.50 bits per heavy atom. The minimum Gasteiger partial charge on any atom is -0.408 e. The molecule has 0 saturated heterocycles. The third kappa shape index (κ3) is 2.09. The number of benzene rings is 2. The lowest BCUT2D eigenvalue weighted by Gasteiger charge is -2.05. The summed E-state index contributed by atoms with van der Waals surface area (Å²) in [5.41, 5.74) is 10.0. The van der Waals surface area contributed by atoms with Crippen LogP contribution in [0, 0.1) is 0 Å². The summed E-state index contributed by atoms with van der Waals surface area (Å²) in [6.45, 7) is 2.58. The zero-order valence-corrected chi connectivity index (χ0v) is 11.3. The van der Waals surface area contributed by atoms with Gasteiger partial charge in [-0.25, -0.2) is 4.79 Å². The van der Waals surface area contributed by atoms with Crippen molar-refractivity contribution in [3.63, 3.8) is 0 Å². The first-order valence-electron chi connectivity index (χ1n) is 6.64. The molecule has 0 saturated carbocycles. The summed E-state index contributed by atoms with van der Waals surface area (Å²) in [5, 5.41) is 0. The number of hydrogen-bond donors (Lipinski definition) is 1. The summed E-state index contributed by atoms with van der Waals surface area (Å²) in [5.74, 6) is -0.377. The van der Waals surface area contributed by atoms with Gasteiger partial charge in [-0.05, 0) is 29.7 Å². The zero-order valence-electron chi connectivity index (χ0n) is 11.3. The molecule has 0 unspecified atom stereocenters. The van der Waals surface area contributed by atoms with Gasteiger partial charge in [-0.3, -0.25) is 4.57 Å². The molecule has 3 aromatic rings. The molecule has 0 amide bonds. The Hall–Kier alpha value is -2.49. The van der Waals surface area contributed by atoms with Crippen molar-refractivity contribution in [1.82, 2.24) is 4.57 Å². The first kappa shape index (κ1) is 12.5. The summed E-state index contributed by atoms with van der Waals surface area (Å²) >= 11 is 0. The van der Waals surface area contributed by atoms with Crippen molar-refractivity contribution < 1.29 is 4.42 Å². The van der Waals surface area contributed by atoms with Crippen LogP contribution in [0.4, 0.5) is 5.69 Å². The van der Waals surface area contributed by atoms with E-state index in [9.17, 15) is 4.79 Å². The van der Waals surface area contributed by atoms with E-state index in [1.807, 2.05) is 12.1 Å². The highest BCUT2D eigenvalue weighted by Gasteiger charge is 2.11. The zero-order chi connectivity index (χ0) is 14.1. The molecule has 4 heteroatoms. The fourth-order valence-electron chi connectivity index (χ4n) is 2.36. The van der Waals surface area contributed by atoms with Gasteiger partial charge < -0.3 is 10.2 Å². The summed E-state index contributed by atoms with van der Waals surface area (Å²) < 4.78 is 6.80. The van der Waals surface area contributed by atoms with E-state index in [0.29, 0.717) is 23.3 Å². The molecule has 4 nitrogen and oxygen atoms in total. The molecule has 1 aromatic heterocycles. The summed E-state index contributed by atoms with van der Waals surface area (Å²) in [7, 11) is 0. The molecule has 0 spiro atoms. The Balaban J connectivity index is 2.05. The quantitative estimate of drug-likeness (QED) is 0.743. The maximum Gasteiger partial charge on any atom is 0.420 e. The van der Waals surface area contributed by atoms with Crippen LogP contribution in [0.2, 0.25) is 0 Å². The maximum atomic E-state index is 12.0. The van der Waals surface area contributed by atoms with Gasteiger partial charge in [0.2, 0.25) is 0 Å². The minimum absolute atomic E-state index is 0.377. The van der Waals surface area contributed by atoms with E-state index < -0.39 is 0 Å². The van der Waals surface area contributed by atoms with Gasteiger partial charge in [0.1, 0.15) is 5.52 Å². The van der Waals surface area contributed by atoms with Gasteiger partial charge in [-0.15, -0.1) is 0 Å². The molecule has 2 N–H and O–H groups in total. The summed E-state index contributed by atoms with van der Waals surface area (Å²) in [6.07, 6.45) is 1.00. The highest BCUT2D eigenvalue weighted by atomic mass is 16.4. The van der Waals surface area contributed by atoms with Crippen LogP contribution in [0.25, 0.3) is 11.1 Å². The lowest BCUT2D eigenvalue weighted by atomic mass is 10.1. The van der Waals surface area contributed by atoms with E-state index in [-0.39, 0.29) is 5.76 Å². The van der Waals surface area contributed by atoms with E-state index in [1.54, 1.807) is 22.8 Å². The second-order valence-corrected chi connectivity index (χ2v) is 4.82. The van der Waals surface area contributed by atoms with Crippen LogP contribution in [0.15, 0.2) is 51.7 Å². The Morgan fingerprint density at radius 1 is 1.10 bits per heavy atom. The van der Waals surface area contributed by atoms with Crippen molar-refractivity contribution in [3.05, 3.63) is 64.1 Å². The van der Waals surface area contributed by atoms with Crippen LogP contribution in [-0.4, -0.2) is 4.57 Å². The maximum absolute atomic E-state index is 12.0. The Kier molecular flexibility index (Phi) is 3.06. The van der Waals surface area contributed by atoms with Crippen molar-refractivity contribution in [3.8, 4) is 0 Å². The van der Waals surface area contributed by atoms with Gasteiger partial charge in [0.15, 0.2) is 5.58 Å². The first-order chi connectivity index (χ1) is 9.69. The minimum atomic E-state index is -0.377. The molecular formula is C16H16N2O2. The number of aryl methyl sites for hydroxylation is 1. The Morgan fingerprint density at radius 2 is 1.80 bits per heavy atom. The van der Waals surface area contributed by atoms with E-state index in [4.69, 9.17) is 10.2 Å². The molecule has 102 valence electrons. The largest absolute Gasteiger partial charge is 0.420 e. The van der Waals surface area contributed by atoms with Crippen molar-refractivity contribution in [2.45, 2.75) is 19.9 Å². The normalized spacial score (nSPS) is 11.1. The third-order valence-corrected chi connectivity index (χ3v) is 3.49. The van der Waals surface area contributed by atoms with Crippen LogP contribution in [0.5, 0.6) is 0 Å². The highest BCUT2D eigenvalue weighted by molar-refractivity contribution is 5.85. The molecule has 1 heterocycles.